The average molecular weight is 407 g/mol. The lowest BCUT2D eigenvalue weighted by Crippen LogP contribution is -2.19. The van der Waals surface area contributed by atoms with Crippen LogP contribution in [0.15, 0.2) is 22.8 Å². The lowest BCUT2D eigenvalue weighted by atomic mass is 10.2. The van der Waals surface area contributed by atoms with Gasteiger partial charge in [-0.1, -0.05) is 6.07 Å². The fourth-order valence-electron chi connectivity index (χ4n) is 2.24. The molecule has 0 bridgehead atoms. The number of benzene rings is 1. The first-order chi connectivity index (χ1) is 8.27. The molecule has 1 aromatic carbocycles. The second kappa shape index (κ2) is 4.85. The highest BCUT2D eigenvalue weighted by molar-refractivity contribution is 14.1. The highest BCUT2D eigenvalue weighted by Crippen LogP contribution is 2.32. The van der Waals surface area contributed by atoms with Crippen LogP contribution in [0, 0.1) is 3.57 Å². The van der Waals surface area contributed by atoms with Crippen LogP contribution in [0.25, 0.3) is 10.9 Å². The van der Waals surface area contributed by atoms with Gasteiger partial charge in [0, 0.05) is 15.6 Å². The summed E-state index contributed by atoms with van der Waals surface area (Å²) >= 11 is 5.89. The van der Waals surface area contributed by atoms with Gasteiger partial charge in [0.1, 0.15) is 4.60 Å². The Morgan fingerprint density at radius 2 is 2.29 bits per heavy atom. The number of fused-ring (bicyclic) bond motifs is 1. The van der Waals surface area contributed by atoms with E-state index < -0.39 is 0 Å². The van der Waals surface area contributed by atoms with E-state index in [1.54, 1.807) is 0 Å². The van der Waals surface area contributed by atoms with Crippen LogP contribution in [0.1, 0.15) is 25.5 Å². The summed E-state index contributed by atoms with van der Waals surface area (Å²) in [7, 11) is 0. The Kier molecular flexibility index (Phi) is 3.40. The van der Waals surface area contributed by atoms with Gasteiger partial charge in [-0.05, 0) is 69.9 Å². The minimum absolute atomic E-state index is 0.0933. The number of nitrogens with zero attached hydrogens (tertiary/aromatic N) is 2. The van der Waals surface area contributed by atoms with Crippen molar-refractivity contribution >= 4 is 49.4 Å². The molecule has 0 amide bonds. The zero-order chi connectivity index (χ0) is 11.8. The smallest absolute Gasteiger partial charge is 0.150 e. The van der Waals surface area contributed by atoms with Crippen molar-refractivity contribution in [3.63, 3.8) is 0 Å². The number of ether oxygens (including phenoxy) is 1. The zero-order valence-electron chi connectivity index (χ0n) is 9.20. The van der Waals surface area contributed by atoms with E-state index in [1.165, 1.54) is 15.4 Å². The van der Waals surface area contributed by atoms with Crippen LogP contribution < -0.4 is 0 Å². The van der Waals surface area contributed by atoms with Crippen molar-refractivity contribution in [1.29, 1.82) is 0 Å². The molecule has 1 aliphatic heterocycles. The summed E-state index contributed by atoms with van der Waals surface area (Å²) < 4.78 is 9.94. The Hall–Kier alpha value is -0.140. The minimum Gasteiger partial charge on any atom is -0.356 e. The molecule has 0 spiro atoms. The van der Waals surface area contributed by atoms with Crippen molar-refractivity contribution in [3.05, 3.63) is 26.4 Å². The van der Waals surface area contributed by atoms with E-state index in [9.17, 15) is 0 Å². The molecular weight excluding hydrogens is 395 g/mol. The molecule has 5 heteroatoms. The first-order valence-electron chi connectivity index (χ1n) is 5.71. The highest BCUT2D eigenvalue weighted by atomic mass is 127. The van der Waals surface area contributed by atoms with E-state index in [2.05, 4.69) is 61.8 Å². The summed E-state index contributed by atoms with van der Waals surface area (Å²) in [5, 5.41) is 5.76. The molecule has 90 valence electrons. The second-order valence-electron chi connectivity index (χ2n) is 4.19. The number of hydrogen-bond acceptors (Lipinski definition) is 2. The zero-order valence-corrected chi connectivity index (χ0v) is 12.9. The number of aromatic nitrogens is 2. The van der Waals surface area contributed by atoms with E-state index in [0.717, 1.165) is 29.6 Å². The lowest BCUT2D eigenvalue weighted by Gasteiger charge is -2.23. The van der Waals surface area contributed by atoms with Crippen molar-refractivity contribution in [2.75, 3.05) is 6.61 Å². The summed E-state index contributed by atoms with van der Waals surface area (Å²) in [6.07, 6.45) is 3.52. The Labute approximate surface area is 122 Å². The lowest BCUT2D eigenvalue weighted by molar-refractivity contribution is -0.0368. The quantitative estimate of drug-likeness (QED) is 0.666. The molecule has 1 saturated heterocycles. The van der Waals surface area contributed by atoms with Crippen molar-refractivity contribution in [2.24, 2.45) is 0 Å². The normalized spacial score (nSPS) is 20.9. The molecule has 3 rings (SSSR count). The molecule has 3 nitrogen and oxygen atoms in total. The van der Waals surface area contributed by atoms with E-state index in [4.69, 9.17) is 4.74 Å². The average Bonchev–Trinajstić information content (AvgIpc) is 2.69. The maximum atomic E-state index is 5.80. The van der Waals surface area contributed by atoms with Crippen LogP contribution in [0.4, 0.5) is 0 Å². The number of hydrogen-bond donors (Lipinski definition) is 0. The molecule has 0 saturated carbocycles. The summed E-state index contributed by atoms with van der Waals surface area (Å²) in [4.78, 5) is 0. The molecule has 17 heavy (non-hydrogen) atoms. The van der Waals surface area contributed by atoms with Crippen LogP contribution in [-0.4, -0.2) is 16.4 Å². The van der Waals surface area contributed by atoms with Crippen molar-refractivity contribution in [1.82, 2.24) is 9.78 Å². The van der Waals surface area contributed by atoms with Gasteiger partial charge in [0.2, 0.25) is 0 Å². The van der Waals surface area contributed by atoms with E-state index >= 15 is 0 Å². The van der Waals surface area contributed by atoms with Gasteiger partial charge in [0.05, 0.1) is 5.52 Å². The van der Waals surface area contributed by atoms with Gasteiger partial charge in [-0.15, -0.1) is 0 Å². The summed E-state index contributed by atoms with van der Waals surface area (Å²) in [5.74, 6) is 0. The minimum atomic E-state index is 0.0933. The van der Waals surface area contributed by atoms with Gasteiger partial charge in [0.25, 0.3) is 0 Å². The Morgan fingerprint density at radius 1 is 1.41 bits per heavy atom. The molecule has 2 heterocycles. The van der Waals surface area contributed by atoms with Gasteiger partial charge >= 0.3 is 0 Å². The van der Waals surface area contributed by atoms with Gasteiger partial charge in [-0.3, -0.25) is 0 Å². The predicted molar refractivity (Wildman–Crippen MR) is 79.0 cm³/mol. The van der Waals surface area contributed by atoms with Crippen molar-refractivity contribution < 1.29 is 4.74 Å². The maximum Gasteiger partial charge on any atom is 0.150 e. The first-order valence-corrected chi connectivity index (χ1v) is 7.58. The van der Waals surface area contributed by atoms with Crippen LogP contribution >= 0.6 is 38.5 Å². The third-order valence-corrected chi connectivity index (χ3v) is 4.52. The third-order valence-electron chi connectivity index (χ3n) is 3.07. The van der Waals surface area contributed by atoms with Gasteiger partial charge in [-0.25, -0.2) is 4.68 Å². The Balaban J connectivity index is 2.13. The maximum absolute atomic E-state index is 5.80. The monoisotopic (exact) mass is 406 g/mol. The fourth-order valence-corrected chi connectivity index (χ4v) is 3.94. The fraction of sp³-hybridized carbons (Fsp3) is 0.417. The molecule has 1 aromatic heterocycles. The van der Waals surface area contributed by atoms with Gasteiger partial charge < -0.3 is 4.74 Å². The van der Waals surface area contributed by atoms with Crippen molar-refractivity contribution in [2.45, 2.75) is 25.5 Å². The Morgan fingerprint density at radius 3 is 3.06 bits per heavy atom. The SMILES string of the molecule is Brc1nn(C2CCCCO2)c2cccc(I)c12. The standard InChI is InChI=1S/C12H12BrIN2O/c13-12-11-8(14)4-3-5-9(11)16(15-12)10-6-1-2-7-17-10/h3-5,10H,1-2,6-7H2. The van der Waals surface area contributed by atoms with E-state index in [0.29, 0.717) is 0 Å². The van der Waals surface area contributed by atoms with Gasteiger partial charge in [0.15, 0.2) is 6.23 Å². The van der Waals surface area contributed by atoms with Crippen LogP contribution in [-0.2, 0) is 4.74 Å². The topological polar surface area (TPSA) is 27.1 Å². The predicted octanol–water partition coefficient (Wildman–Crippen LogP) is 4.10. The number of rotatable bonds is 1. The molecule has 1 fully saturated rings. The van der Waals surface area contributed by atoms with Crippen molar-refractivity contribution in [3.8, 4) is 0 Å². The summed E-state index contributed by atoms with van der Waals surface area (Å²) in [5.41, 5.74) is 1.15. The first kappa shape index (κ1) is 11.9. The van der Waals surface area contributed by atoms with Crippen LogP contribution in [0.5, 0.6) is 0 Å². The molecule has 1 unspecified atom stereocenters. The van der Waals surface area contributed by atoms with Gasteiger partial charge in [-0.2, -0.15) is 5.10 Å². The van der Waals surface area contributed by atoms with Crippen LogP contribution in [0.2, 0.25) is 0 Å². The summed E-state index contributed by atoms with van der Waals surface area (Å²) in [6.45, 7) is 0.841. The van der Waals surface area contributed by atoms with Crippen LogP contribution in [0.3, 0.4) is 0 Å². The molecule has 1 aliphatic rings. The highest BCUT2D eigenvalue weighted by Gasteiger charge is 2.20. The van der Waals surface area contributed by atoms with E-state index in [-0.39, 0.29) is 6.23 Å². The molecular formula is C12H12BrIN2O. The third kappa shape index (κ3) is 2.13. The van der Waals surface area contributed by atoms with E-state index in [1.807, 2.05) is 4.68 Å². The molecule has 1 atom stereocenters. The molecule has 0 aliphatic carbocycles. The second-order valence-corrected chi connectivity index (χ2v) is 6.10. The summed E-state index contributed by atoms with van der Waals surface area (Å²) in [6, 6.07) is 6.27. The number of halogens is 2. The molecule has 0 N–H and O–H groups in total. The largest absolute Gasteiger partial charge is 0.356 e. The molecule has 2 aromatic rings. The Bertz CT molecular complexity index is 549. The molecule has 0 radical (unpaired) electrons.